The monoisotopic (exact) mass is 280 g/mol. The Morgan fingerprint density at radius 2 is 2.15 bits per heavy atom. The molecule has 0 aromatic heterocycles. The van der Waals surface area contributed by atoms with Crippen LogP contribution in [0.2, 0.25) is 0 Å². The van der Waals surface area contributed by atoms with E-state index < -0.39 is 5.41 Å². The van der Waals surface area contributed by atoms with E-state index in [1.54, 1.807) is 26.0 Å². The molecule has 1 aromatic carbocycles. The second kappa shape index (κ2) is 7.39. The fourth-order valence-electron chi connectivity index (χ4n) is 2.07. The minimum atomic E-state index is -0.776. The van der Waals surface area contributed by atoms with Crippen molar-refractivity contribution in [3.63, 3.8) is 0 Å². The third-order valence-corrected chi connectivity index (χ3v) is 3.64. The first-order valence-electron chi connectivity index (χ1n) is 7.19. The van der Waals surface area contributed by atoms with Gasteiger partial charge in [0.1, 0.15) is 5.82 Å². The first kappa shape index (κ1) is 16.6. The van der Waals surface area contributed by atoms with Gasteiger partial charge in [0.05, 0.1) is 5.41 Å². The van der Waals surface area contributed by atoms with E-state index in [1.165, 1.54) is 12.1 Å². The van der Waals surface area contributed by atoms with Gasteiger partial charge >= 0.3 is 0 Å². The molecule has 3 N–H and O–H groups in total. The lowest BCUT2D eigenvalue weighted by Crippen LogP contribution is -2.47. The maximum atomic E-state index is 13.3. The molecule has 0 aliphatic carbocycles. The smallest absolute Gasteiger partial charge is 0.230 e. The quantitative estimate of drug-likeness (QED) is 0.807. The fraction of sp³-hybridized carbons (Fsp3) is 0.562. The van der Waals surface area contributed by atoms with Crippen molar-refractivity contribution >= 4 is 5.91 Å². The molecule has 4 heteroatoms. The number of nitrogens with two attached hydrogens (primary N) is 1. The standard InChI is InChI=1S/C16H25FN2O/c1-4-5-9-14(11-18)19-15(20)16(2,3)12-7-6-8-13(17)10-12/h6-8,10,14H,4-5,9,11,18H2,1-3H3,(H,19,20). The molecule has 0 aliphatic rings. The molecule has 112 valence electrons. The molecule has 1 unspecified atom stereocenters. The minimum Gasteiger partial charge on any atom is -0.351 e. The number of hydrogen-bond acceptors (Lipinski definition) is 2. The largest absolute Gasteiger partial charge is 0.351 e. The zero-order chi connectivity index (χ0) is 15.2. The first-order valence-corrected chi connectivity index (χ1v) is 7.19. The Balaban J connectivity index is 2.78. The Morgan fingerprint density at radius 1 is 1.45 bits per heavy atom. The number of nitrogens with one attached hydrogen (secondary N) is 1. The van der Waals surface area contributed by atoms with Crippen molar-refractivity contribution in [2.45, 2.75) is 51.5 Å². The lowest BCUT2D eigenvalue weighted by molar-refractivity contribution is -0.126. The van der Waals surface area contributed by atoms with Gasteiger partial charge in [0.25, 0.3) is 0 Å². The summed E-state index contributed by atoms with van der Waals surface area (Å²) in [6.07, 6.45) is 2.97. The average molecular weight is 280 g/mol. The number of halogens is 1. The van der Waals surface area contributed by atoms with E-state index in [0.717, 1.165) is 19.3 Å². The molecule has 1 aromatic rings. The van der Waals surface area contributed by atoms with E-state index in [-0.39, 0.29) is 17.8 Å². The van der Waals surface area contributed by atoms with Crippen LogP contribution in [0.1, 0.15) is 45.6 Å². The second-order valence-corrected chi connectivity index (χ2v) is 5.68. The Kier molecular flexibility index (Phi) is 6.14. The van der Waals surface area contributed by atoms with Crippen molar-refractivity contribution in [3.8, 4) is 0 Å². The van der Waals surface area contributed by atoms with E-state index in [1.807, 2.05) is 0 Å². The number of carbonyl (C=O) groups is 1. The predicted octanol–water partition coefficient (Wildman–Crippen LogP) is 2.74. The topological polar surface area (TPSA) is 55.1 Å². The summed E-state index contributed by atoms with van der Waals surface area (Å²) in [6.45, 7) is 6.12. The van der Waals surface area contributed by atoms with Gasteiger partial charge in [-0.1, -0.05) is 31.9 Å². The lowest BCUT2D eigenvalue weighted by atomic mass is 9.83. The highest BCUT2D eigenvalue weighted by Gasteiger charge is 2.31. The lowest BCUT2D eigenvalue weighted by Gasteiger charge is -2.27. The minimum absolute atomic E-state index is 0.0183. The summed E-state index contributed by atoms with van der Waals surface area (Å²) in [5.74, 6) is -0.445. The van der Waals surface area contributed by atoms with Crippen LogP contribution < -0.4 is 11.1 Å². The summed E-state index contributed by atoms with van der Waals surface area (Å²) in [7, 11) is 0. The molecule has 1 amide bonds. The summed E-state index contributed by atoms with van der Waals surface area (Å²) >= 11 is 0. The highest BCUT2D eigenvalue weighted by Crippen LogP contribution is 2.24. The van der Waals surface area contributed by atoms with Crippen molar-refractivity contribution in [1.29, 1.82) is 0 Å². The molecular weight excluding hydrogens is 255 g/mol. The van der Waals surface area contributed by atoms with Crippen LogP contribution in [0, 0.1) is 5.82 Å². The maximum absolute atomic E-state index is 13.3. The first-order chi connectivity index (χ1) is 9.41. The molecule has 3 nitrogen and oxygen atoms in total. The van der Waals surface area contributed by atoms with Gasteiger partial charge in [-0.3, -0.25) is 4.79 Å². The van der Waals surface area contributed by atoms with Gasteiger partial charge < -0.3 is 11.1 Å². The number of amides is 1. The molecule has 0 spiro atoms. The molecule has 0 fully saturated rings. The molecule has 1 atom stereocenters. The van der Waals surface area contributed by atoms with Crippen LogP contribution in [-0.4, -0.2) is 18.5 Å². The van der Waals surface area contributed by atoms with Crippen LogP contribution in [0.25, 0.3) is 0 Å². The highest BCUT2D eigenvalue weighted by atomic mass is 19.1. The molecule has 0 aliphatic heterocycles. The van der Waals surface area contributed by atoms with Gasteiger partial charge in [0.15, 0.2) is 0 Å². The van der Waals surface area contributed by atoms with Crippen molar-refractivity contribution < 1.29 is 9.18 Å². The van der Waals surface area contributed by atoms with Crippen molar-refractivity contribution in [3.05, 3.63) is 35.6 Å². The number of hydrogen-bond donors (Lipinski definition) is 2. The van der Waals surface area contributed by atoms with E-state index in [9.17, 15) is 9.18 Å². The molecular formula is C16H25FN2O. The van der Waals surface area contributed by atoms with Crippen LogP contribution in [0.4, 0.5) is 4.39 Å². The third-order valence-electron chi connectivity index (χ3n) is 3.64. The van der Waals surface area contributed by atoms with Crippen molar-refractivity contribution in [2.75, 3.05) is 6.54 Å². The van der Waals surface area contributed by atoms with Crippen LogP contribution in [0.15, 0.2) is 24.3 Å². The normalized spacial score (nSPS) is 13.1. The van der Waals surface area contributed by atoms with E-state index in [0.29, 0.717) is 12.1 Å². The number of unbranched alkanes of at least 4 members (excludes halogenated alkanes) is 1. The summed E-state index contributed by atoms with van der Waals surface area (Å²) in [4.78, 5) is 12.4. The SMILES string of the molecule is CCCCC(CN)NC(=O)C(C)(C)c1cccc(F)c1. The summed E-state index contributed by atoms with van der Waals surface area (Å²) in [5.41, 5.74) is 5.58. The Hall–Kier alpha value is -1.42. The zero-order valence-electron chi connectivity index (χ0n) is 12.6. The van der Waals surface area contributed by atoms with Gasteiger partial charge in [-0.05, 0) is 38.0 Å². The zero-order valence-corrected chi connectivity index (χ0v) is 12.6. The molecule has 0 saturated heterocycles. The number of rotatable bonds is 7. The summed E-state index contributed by atoms with van der Waals surface area (Å²) in [5, 5.41) is 2.97. The van der Waals surface area contributed by atoms with Gasteiger partial charge in [0.2, 0.25) is 5.91 Å². The molecule has 1 rings (SSSR count). The molecule has 0 radical (unpaired) electrons. The van der Waals surface area contributed by atoms with Gasteiger partial charge in [-0.15, -0.1) is 0 Å². The Labute approximate surface area is 120 Å². The van der Waals surface area contributed by atoms with Crippen molar-refractivity contribution in [2.24, 2.45) is 5.73 Å². The molecule has 20 heavy (non-hydrogen) atoms. The van der Waals surface area contributed by atoms with Crippen molar-refractivity contribution in [1.82, 2.24) is 5.32 Å². The van der Waals surface area contributed by atoms with E-state index in [2.05, 4.69) is 12.2 Å². The van der Waals surface area contributed by atoms with Crippen LogP contribution >= 0.6 is 0 Å². The Bertz CT molecular complexity index is 446. The second-order valence-electron chi connectivity index (χ2n) is 5.68. The van der Waals surface area contributed by atoms with Gasteiger partial charge in [-0.2, -0.15) is 0 Å². The van der Waals surface area contributed by atoms with Crippen LogP contribution in [-0.2, 0) is 10.2 Å². The van der Waals surface area contributed by atoms with Crippen LogP contribution in [0.5, 0.6) is 0 Å². The Morgan fingerprint density at radius 3 is 2.70 bits per heavy atom. The van der Waals surface area contributed by atoms with Crippen LogP contribution in [0.3, 0.4) is 0 Å². The third kappa shape index (κ3) is 4.30. The fourth-order valence-corrected chi connectivity index (χ4v) is 2.07. The molecule has 0 bridgehead atoms. The van der Waals surface area contributed by atoms with Gasteiger partial charge in [-0.25, -0.2) is 4.39 Å². The number of benzene rings is 1. The summed E-state index contributed by atoms with van der Waals surface area (Å²) in [6, 6.07) is 6.16. The van der Waals surface area contributed by atoms with E-state index in [4.69, 9.17) is 5.73 Å². The van der Waals surface area contributed by atoms with E-state index >= 15 is 0 Å². The molecule has 0 heterocycles. The highest BCUT2D eigenvalue weighted by molar-refractivity contribution is 5.87. The average Bonchev–Trinajstić information content (AvgIpc) is 2.43. The maximum Gasteiger partial charge on any atom is 0.230 e. The van der Waals surface area contributed by atoms with Gasteiger partial charge in [0, 0.05) is 12.6 Å². The molecule has 0 saturated carbocycles. The predicted molar refractivity (Wildman–Crippen MR) is 79.9 cm³/mol. The number of carbonyl (C=O) groups excluding carboxylic acids is 1. The summed E-state index contributed by atoms with van der Waals surface area (Å²) < 4.78 is 13.3.